The van der Waals surface area contributed by atoms with Crippen LogP contribution in [0, 0.1) is 13.8 Å². The zero-order chi connectivity index (χ0) is 15.3. The fourth-order valence-corrected chi connectivity index (χ4v) is 2.62. The van der Waals surface area contributed by atoms with Crippen molar-refractivity contribution >= 4 is 25.7 Å². The Bertz CT molecular complexity index is 593. The number of esters is 1. The number of unbranched alkanes of at least 4 members (excludes halogenated alkanes) is 2. The molecular weight excluding hydrogens is 300 g/mol. The zero-order valence-corrected chi connectivity index (χ0v) is 13.5. The van der Waals surface area contributed by atoms with Crippen LogP contribution in [0.1, 0.15) is 47.7 Å². The van der Waals surface area contributed by atoms with Crippen molar-refractivity contribution in [3.05, 3.63) is 28.8 Å². The van der Waals surface area contributed by atoms with Crippen LogP contribution in [0.25, 0.3) is 0 Å². The highest BCUT2D eigenvalue weighted by Gasteiger charge is 2.18. The summed E-state index contributed by atoms with van der Waals surface area (Å²) in [5, 5.41) is 0. The van der Waals surface area contributed by atoms with Gasteiger partial charge in [0.1, 0.15) is 0 Å². The van der Waals surface area contributed by atoms with Crippen LogP contribution in [0.3, 0.4) is 0 Å². The monoisotopic (exact) mass is 318 g/mol. The maximum Gasteiger partial charge on any atom is 0.338 e. The second-order valence-corrected chi connectivity index (χ2v) is 7.26. The molecular formula is C14H19ClO4S. The fraction of sp³-hybridized carbons (Fsp3) is 0.500. The van der Waals surface area contributed by atoms with Gasteiger partial charge in [0.2, 0.25) is 0 Å². The Morgan fingerprint density at radius 3 is 2.45 bits per heavy atom. The number of aryl methyl sites for hydroxylation is 1. The van der Waals surface area contributed by atoms with Gasteiger partial charge in [-0.05, 0) is 43.5 Å². The summed E-state index contributed by atoms with van der Waals surface area (Å²) >= 11 is 0. The molecule has 1 aromatic rings. The van der Waals surface area contributed by atoms with Gasteiger partial charge in [-0.15, -0.1) is 0 Å². The molecule has 0 spiro atoms. The molecule has 0 aromatic heterocycles. The van der Waals surface area contributed by atoms with E-state index in [9.17, 15) is 13.2 Å². The van der Waals surface area contributed by atoms with E-state index in [2.05, 4.69) is 6.92 Å². The van der Waals surface area contributed by atoms with Crippen LogP contribution in [0.15, 0.2) is 17.0 Å². The second kappa shape index (κ2) is 7.09. The van der Waals surface area contributed by atoms with E-state index >= 15 is 0 Å². The van der Waals surface area contributed by atoms with Crippen LogP contribution in [-0.4, -0.2) is 21.0 Å². The van der Waals surface area contributed by atoms with Crippen molar-refractivity contribution < 1.29 is 17.9 Å². The van der Waals surface area contributed by atoms with Gasteiger partial charge in [-0.3, -0.25) is 0 Å². The lowest BCUT2D eigenvalue weighted by Gasteiger charge is -2.10. The summed E-state index contributed by atoms with van der Waals surface area (Å²) < 4.78 is 27.9. The van der Waals surface area contributed by atoms with Gasteiger partial charge in [-0.1, -0.05) is 19.8 Å². The third-order valence-electron chi connectivity index (χ3n) is 3.12. The summed E-state index contributed by atoms with van der Waals surface area (Å²) in [6.07, 6.45) is 2.82. The number of halogens is 1. The van der Waals surface area contributed by atoms with E-state index in [1.165, 1.54) is 12.1 Å². The Hall–Kier alpha value is -1.07. The Labute approximate surface area is 124 Å². The highest BCUT2D eigenvalue weighted by atomic mass is 35.7. The van der Waals surface area contributed by atoms with E-state index in [-0.39, 0.29) is 10.5 Å². The van der Waals surface area contributed by atoms with E-state index < -0.39 is 15.0 Å². The number of benzene rings is 1. The zero-order valence-electron chi connectivity index (χ0n) is 11.9. The summed E-state index contributed by atoms with van der Waals surface area (Å²) in [4.78, 5) is 11.9. The molecule has 1 rings (SSSR count). The number of hydrogen-bond donors (Lipinski definition) is 0. The Morgan fingerprint density at radius 1 is 1.25 bits per heavy atom. The molecule has 0 aliphatic carbocycles. The quantitative estimate of drug-likeness (QED) is 0.457. The first kappa shape index (κ1) is 17.0. The first-order valence-corrected chi connectivity index (χ1v) is 8.81. The lowest BCUT2D eigenvalue weighted by atomic mass is 10.0. The third kappa shape index (κ3) is 4.49. The molecule has 0 radical (unpaired) electrons. The van der Waals surface area contributed by atoms with Gasteiger partial charge in [-0.25, -0.2) is 13.2 Å². The molecule has 0 saturated heterocycles. The molecule has 0 fully saturated rings. The van der Waals surface area contributed by atoms with Crippen LogP contribution in [0.5, 0.6) is 0 Å². The fourth-order valence-electron chi connectivity index (χ4n) is 1.77. The Balaban J connectivity index is 2.99. The highest BCUT2D eigenvalue weighted by molar-refractivity contribution is 8.13. The van der Waals surface area contributed by atoms with E-state index in [0.717, 1.165) is 19.3 Å². The van der Waals surface area contributed by atoms with E-state index in [1.807, 2.05) is 0 Å². The molecule has 0 N–H and O–H groups in total. The van der Waals surface area contributed by atoms with Crippen molar-refractivity contribution in [2.45, 2.75) is 44.9 Å². The minimum atomic E-state index is -3.86. The lowest BCUT2D eigenvalue weighted by Crippen LogP contribution is -2.10. The van der Waals surface area contributed by atoms with Crippen molar-refractivity contribution in [2.75, 3.05) is 6.61 Å². The first-order chi connectivity index (χ1) is 9.27. The summed E-state index contributed by atoms with van der Waals surface area (Å²) in [7, 11) is 1.46. The summed E-state index contributed by atoms with van der Waals surface area (Å²) in [6, 6.07) is 2.72. The average molecular weight is 319 g/mol. The molecule has 0 heterocycles. The molecule has 4 nitrogen and oxygen atoms in total. The summed E-state index contributed by atoms with van der Waals surface area (Å²) in [6.45, 7) is 5.88. The van der Waals surface area contributed by atoms with Gasteiger partial charge >= 0.3 is 5.97 Å². The van der Waals surface area contributed by atoms with Gasteiger partial charge in [-0.2, -0.15) is 0 Å². The van der Waals surface area contributed by atoms with Gasteiger partial charge in [0.25, 0.3) is 9.05 Å². The van der Waals surface area contributed by atoms with Gasteiger partial charge in [0, 0.05) is 10.7 Å². The number of carbonyl (C=O) groups excluding carboxylic acids is 1. The molecule has 0 aliphatic heterocycles. The van der Waals surface area contributed by atoms with Crippen molar-refractivity contribution in [1.82, 2.24) is 0 Å². The minimum absolute atomic E-state index is 0.0808. The molecule has 0 aliphatic rings. The SMILES string of the molecule is CCCCCOC(=O)c1cc(S(=O)(=O)Cl)cc(C)c1C. The molecule has 0 amide bonds. The molecule has 0 saturated carbocycles. The Morgan fingerprint density at radius 2 is 1.90 bits per heavy atom. The molecule has 112 valence electrons. The minimum Gasteiger partial charge on any atom is -0.462 e. The molecule has 20 heavy (non-hydrogen) atoms. The van der Waals surface area contributed by atoms with Gasteiger partial charge in [0.15, 0.2) is 0 Å². The maximum atomic E-state index is 12.0. The van der Waals surface area contributed by atoms with Crippen LogP contribution in [0.2, 0.25) is 0 Å². The summed E-state index contributed by atoms with van der Waals surface area (Å²) in [5.41, 5.74) is 1.64. The van der Waals surface area contributed by atoms with Crippen LogP contribution in [0.4, 0.5) is 0 Å². The molecule has 1 aromatic carbocycles. The van der Waals surface area contributed by atoms with Crippen molar-refractivity contribution in [1.29, 1.82) is 0 Å². The highest BCUT2D eigenvalue weighted by Crippen LogP contribution is 2.23. The topological polar surface area (TPSA) is 60.4 Å². The van der Waals surface area contributed by atoms with Crippen molar-refractivity contribution in [3.63, 3.8) is 0 Å². The largest absolute Gasteiger partial charge is 0.462 e. The Kier molecular flexibility index (Phi) is 6.02. The van der Waals surface area contributed by atoms with Crippen molar-refractivity contribution in [2.24, 2.45) is 0 Å². The number of ether oxygens (including phenoxy) is 1. The third-order valence-corrected chi connectivity index (χ3v) is 4.46. The predicted octanol–water partition coefficient (Wildman–Crippen LogP) is 3.58. The van der Waals surface area contributed by atoms with E-state index in [0.29, 0.717) is 17.7 Å². The number of hydrogen-bond acceptors (Lipinski definition) is 4. The lowest BCUT2D eigenvalue weighted by molar-refractivity contribution is 0.0497. The molecule has 6 heteroatoms. The smallest absolute Gasteiger partial charge is 0.338 e. The second-order valence-electron chi connectivity index (χ2n) is 4.69. The first-order valence-electron chi connectivity index (χ1n) is 6.50. The maximum absolute atomic E-state index is 12.0. The van der Waals surface area contributed by atoms with Crippen LogP contribution in [-0.2, 0) is 13.8 Å². The van der Waals surface area contributed by atoms with Gasteiger partial charge in [0.05, 0.1) is 17.1 Å². The number of rotatable bonds is 6. The number of carbonyl (C=O) groups is 1. The normalized spacial score (nSPS) is 11.4. The van der Waals surface area contributed by atoms with E-state index in [1.54, 1.807) is 13.8 Å². The summed E-state index contributed by atoms with van der Waals surface area (Å²) in [5.74, 6) is -0.510. The van der Waals surface area contributed by atoms with Gasteiger partial charge < -0.3 is 4.74 Å². The standard InChI is InChI=1S/C14H19ClO4S/c1-4-5-6-7-19-14(16)13-9-12(20(15,17)18)8-10(2)11(13)3/h8-9H,4-7H2,1-3H3. The molecule has 0 atom stereocenters. The predicted molar refractivity (Wildman–Crippen MR) is 78.8 cm³/mol. The van der Waals surface area contributed by atoms with E-state index in [4.69, 9.17) is 15.4 Å². The molecule has 0 bridgehead atoms. The van der Waals surface area contributed by atoms with Crippen LogP contribution >= 0.6 is 10.7 Å². The molecule has 0 unspecified atom stereocenters. The van der Waals surface area contributed by atoms with Crippen LogP contribution < -0.4 is 0 Å². The average Bonchev–Trinajstić information content (AvgIpc) is 2.36. The van der Waals surface area contributed by atoms with Crippen molar-refractivity contribution in [3.8, 4) is 0 Å².